The summed E-state index contributed by atoms with van der Waals surface area (Å²) in [6, 6.07) is 16.3. The molecule has 1 aliphatic carbocycles. The summed E-state index contributed by atoms with van der Waals surface area (Å²) in [7, 11) is 0. The summed E-state index contributed by atoms with van der Waals surface area (Å²) >= 11 is 0. The van der Waals surface area contributed by atoms with Crippen LogP contribution in [0.5, 0.6) is 0 Å². The fourth-order valence-electron chi connectivity index (χ4n) is 5.73. The minimum atomic E-state index is -0.398. The monoisotopic (exact) mass is 524 g/mol. The van der Waals surface area contributed by atoms with Crippen LogP contribution in [0.4, 0.5) is 0 Å². The second kappa shape index (κ2) is 10.4. The Morgan fingerprint density at radius 1 is 0.949 bits per heavy atom. The molecule has 0 saturated heterocycles. The highest BCUT2D eigenvalue weighted by molar-refractivity contribution is 5.80. The molecule has 5 aromatic rings. The maximum absolute atomic E-state index is 13.2. The molecule has 0 aliphatic heterocycles. The van der Waals surface area contributed by atoms with Crippen molar-refractivity contribution in [2.24, 2.45) is 5.92 Å². The van der Waals surface area contributed by atoms with Gasteiger partial charge in [-0.3, -0.25) is 14.3 Å². The van der Waals surface area contributed by atoms with Crippen LogP contribution in [-0.4, -0.2) is 39.7 Å². The van der Waals surface area contributed by atoms with Crippen LogP contribution in [0.1, 0.15) is 63.3 Å². The summed E-state index contributed by atoms with van der Waals surface area (Å²) in [6.45, 7) is 5.11. The first kappa shape index (κ1) is 25.0. The Morgan fingerprint density at radius 3 is 2.38 bits per heavy atom. The van der Waals surface area contributed by atoms with Crippen LogP contribution < -0.4 is 11.2 Å². The van der Waals surface area contributed by atoms with E-state index in [2.05, 4.69) is 63.7 Å². The van der Waals surface area contributed by atoms with Gasteiger partial charge in [-0.1, -0.05) is 81.6 Å². The van der Waals surface area contributed by atoms with Gasteiger partial charge in [-0.25, -0.2) is 9.78 Å². The highest BCUT2D eigenvalue weighted by atomic mass is 16.2. The van der Waals surface area contributed by atoms with Crippen molar-refractivity contribution in [1.29, 1.82) is 0 Å². The number of rotatable bonds is 7. The van der Waals surface area contributed by atoms with Gasteiger partial charge in [0.05, 0.1) is 0 Å². The summed E-state index contributed by atoms with van der Waals surface area (Å²) in [5.41, 5.74) is 4.18. The number of fused-ring (bicyclic) bond motifs is 1. The van der Waals surface area contributed by atoms with Crippen LogP contribution in [-0.2, 0) is 13.1 Å². The van der Waals surface area contributed by atoms with Gasteiger partial charge in [0.15, 0.2) is 11.2 Å². The van der Waals surface area contributed by atoms with Gasteiger partial charge in [0.2, 0.25) is 5.82 Å². The first-order chi connectivity index (χ1) is 19.0. The molecule has 2 N–H and O–H groups in total. The molecule has 2 aromatic carbocycles. The van der Waals surface area contributed by atoms with E-state index in [0.29, 0.717) is 30.1 Å². The van der Waals surface area contributed by atoms with Crippen LogP contribution in [0.15, 0.2) is 58.1 Å². The maximum Gasteiger partial charge on any atom is 0.330 e. The molecule has 3 heterocycles. The molecule has 39 heavy (non-hydrogen) atoms. The van der Waals surface area contributed by atoms with Crippen molar-refractivity contribution in [3.05, 3.63) is 80.8 Å². The number of tetrazole rings is 1. The SMILES string of the molecule is CC(C)Cn1c(=O)[nH]c(=O)c2c1nc(C1CCCCC1)n2Cc1ccc(-c2ccccc2-c2nn[nH]n2)cc1. The lowest BCUT2D eigenvalue weighted by molar-refractivity contribution is 0.419. The van der Waals surface area contributed by atoms with Crippen LogP contribution in [0.3, 0.4) is 0 Å². The molecule has 0 unspecified atom stereocenters. The largest absolute Gasteiger partial charge is 0.330 e. The van der Waals surface area contributed by atoms with E-state index in [1.807, 2.05) is 28.8 Å². The van der Waals surface area contributed by atoms with Gasteiger partial charge >= 0.3 is 5.69 Å². The molecule has 0 spiro atoms. The van der Waals surface area contributed by atoms with Gasteiger partial charge in [-0.15, -0.1) is 10.2 Å². The summed E-state index contributed by atoms with van der Waals surface area (Å²) in [5, 5.41) is 14.5. The maximum atomic E-state index is 13.2. The molecule has 10 nitrogen and oxygen atoms in total. The van der Waals surface area contributed by atoms with Crippen molar-refractivity contribution in [3.63, 3.8) is 0 Å². The smallest absolute Gasteiger partial charge is 0.317 e. The molecule has 1 saturated carbocycles. The molecule has 1 aliphatic rings. The molecule has 0 bridgehead atoms. The number of hydrogen-bond donors (Lipinski definition) is 2. The Labute approximate surface area is 225 Å². The zero-order valence-corrected chi connectivity index (χ0v) is 22.2. The van der Waals surface area contributed by atoms with E-state index >= 15 is 0 Å². The number of nitrogens with one attached hydrogen (secondary N) is 2. The Balaban J connectivity index is 1.42. The molecule has 0 atom stereocenters. The summed E-state index contributed by atoms with van der Waals surface area (Å²) in [4.78, 5) is 33.5. The lowest BCUT2D eigenvalue weighted by Gasteiger charge is -2.22. The van der Waals surface area contributed by atoms with E-state index < -0.39 is 5.69 Å². The molecule has 200 valence electrons. The predicted octanol–water partition coefficient (Wildman–Crippen LogP) is 4.49. The standard InChI is InChI=1S/C29H32N8O2/c1-18(2)16-37-27-24(28(38)31-29(37)39)36(26(30-27)21-8-4-3-5-9-21)17-19-12-14-20(15-13-19)22-10-6-7-11-23(22)25-32-34-35-33-25/h6-7,10-15,18,21H,3-5,8-9,16-17H2,1-2H3,(H,31,38,39)(H,32,33,34,35). The van der Waals surface area contributed by atoms with E-state index in [1.54, 1.807) is 4.57 Å². The van der Waals surface area contributed by atoms with Crippen LogP contribution in [0.2, 0.25) is 0 Å². The van der Waals surface area contributed by atoms with Gasteiger partial charge in [-0.2, -0.15) is 5.21 Å². The number of aromatic nitrogens is 8. The predicted molar refractivity (Wildman–Crippen MR) is 149 cm³/mol. The van der Waals surface area contributed by atoms with E-state index in [4.69, 9.17) is 4.98 Å². The van der Waals surface area contributed by atoms with Crippen molar-refractivity contribution in [1.82, 2.24) is 39.7 Å². The minimum absolute atomic E-state index is 0.239. The van der Waals surface area contributed by atoms with Crippen molar-refractivity contribution in [2.45, 2.75) is 65.0 Å². The zero-order chi connectivity index (χ0) is 26.9. The second-order valence-corrected chi connectivity index (χ2v) is 10.8. The van der Waals surface area contributed by atoms with Gasteiger partial charge in [0, 0.05) is 24.6 Å². The van der Waals surface area contributed by atoms with Crippen molar-refractivity contribution < 1.29 is 0 Å². The fourth-order valence-corrected chi connectivity index (χ4v) is 5.73. The van der Waals surface area contributed by atoms with Crippen molar-refractivity contribution >= 4 is 11.2 Å². The normalized spacial score (nSPS) is 14.4. The van der Waals surface area contributed by atoms with Gasteiger partial charge in [0.25, 0.3) is 5.56 Å². The topological polar surface area (TPSA) is 127 Å². The van der Waals surface area contributed by atoms with E-state index in [-0.39, 0.29) is 17.4 Å². The third kappa shape index (κ3) is 4.82. The van der Waals surface area contributed by atoms with Crippen LogP contribution in [0, 0.1) is 5.92 Å². The lowest BCUT2D eigenvalue weighted by Crippen LogP contribution is -2.32. The highest BCUT2D eigenvalue weighted by Gasteiger charge is 2.26. The third-order valence-electron chi connectivity index (χ3n) is 7.55. The molecule has 0 radical (unpaired) electrons. The first-order valence-corrected chi connectivity index (χ1v) is 13.6. The van der Waals surface area contributed by atoms with Gasteiger partial charge in [0.1, 0.15) is 5.82 Å². The van der Waals surface area contributed by atoms with Gasteiger partial charge in [-0.05, 0) is 40.7 Å². The number of hydrogen-bond acceptors (Lipinski definition) is 6. The Morgan fingerprint density at radius 2 is 1.69 bits per heavy atom. The molecule has 10 heteroatoms. The average Bonchev–Trinajstić information content (AvgIpc) is 3.61. The minimum Gasteiger partial charge on any atom is -0.317 e. The summed E-state index contributed by atoms with van der Waals surface area (Å²) in [5.74, 6) is 1.96. The second-order valence-electron chi connectivity index (χ2n) is 10.8. The molecule has 3 aromatic heterocycles. The quantitative estimate of drug-likeness (QED) is 0.323. The first-order valence-electron chi connectivity index (χ1n) is 13.6. The van der Waals surface area contributed by atoms with E-state index in [9.17, 15) is 9.59 Å². The number of nitrogens with zero attached hydrogens (tertiary/aromatic N) is 6. The lowest BCUT2D eigenvalue weighted by atomic mass is 9.88. The summed E-state index contributed by atoms with van der Waals surface area (Å²) < 4.78 is 3.67. The molecule has 0 amide bonds. The van der Waals surface area contributed by atoms with Crippen LogP contribution in [0.25, 0.3) is 33.7 Å². The van der Waals surface area contributed by atoms with Crippen LogP contribution >= 0.6 is 0 Å². The van der Waals surface area contributed by atoms with Crippen molar-refractivity contribution in [3.8, 4) is 22.5 Å². The van der Waals surface area contributed by atoms with Gasteiger partial charge < -0.3 is 4.57 Å². The Kier molecular flexibility index (Phi) is 6.68. The van der Waals surface area contributed by atoms with E-state index in [0.717, 1.165) is 53.8 Å². The summed E-state index contributed by atoms with van der Waals surface area (Å²) in [6.07, 6.45) is 5.61. The number of imidazole rings is 1. The number of H-pyrrole nitrogens is 2. The highest BCUT2D eigenvalue weighted by Crippen LogP contribution is 2.34. The number of benzene rings is 2. The average molecular weight is 525 g/mol. The Bertz CT molecular complexity index is 1710. The molecule has 6 rings (SSSR count). The van der Waals surface area contributed by atoms with E-state index in [1.165, 1.54) is 6.42 Å². The number of aromatic amines is 2. The van der Waals surface area contributed by atoms with Crippen molar-refractivity contribution in [2.75, 3.05) is 0 Å². The molecular formula is C29H32N8O2. The Hall–Kier alpha value is -4.34. The fraction of sp³-hybridized carbons (Fsp3) is 0.379. The molecular weight excluding hydrogens is 492 g/mol. The third-order valence-corrected chi connectivity index (χ3v) is 7.55. The zero-order valence-electron chi connectivity index (χ0n) is 22.2. The molecule has 1 fully saturated rings.